The molecule has 0 radical (unpaired) electrons. The van der Waals surface area contributed by atoms with Gasteiger partial charge in [-0.05, 0) is 61.8 Å². The molecule has 0 N–H and O–H groups in total. The Balaban J connectivity index is 1.80. The molecule has 4 rings (SSSR count). The van der Waals surface area contributed by atoms with Gasteiger partial charge in [-0.1, -0.05) is 19.9 Å². The van der Waals surface area contributed by atoms with E-state index in [0.717, 1.165) is 18.4 Å². The van der Waals surface area contributed by atoms with E-state index >= 15 is 0 Å². The molecule has 2 atom stereocenters. The van der Waals surface area contributed by atoms with E-state index in [0.29, 0.717) is 28.6 Å². The summed E-state index contributed by atoms with van der Waals surface area (Å²) in [7, 11) is 1.02. The van der Waals surface area contributed by atoms with Gasteiger partial charge in [-0.15, -0.1) is 10.2 Å². The Morgan fingerprint density at radius 2 is 1.73 bits per heavy atom. The fourth-order valence-corrected chi connectivity index (χ4v) is 6.99. The summed E-state index contributed by atoms with van der Waals surface area (Å²) in [4.78, 5) is 4.30. The topological polar surface area (TPSA) is 105 Å². The molecule has 3 aromatic rings. The van der Waals surface area contributed by atoms with Crippen molar-refractivity contribution in [2.75, 3.05) is 21.3 Å². The molecule has 0 amide bonds. The molecule has 0 spiro atoms. The molecule has 0 unspecified atom stereocenters. The maximum absolute atomic E-state index is 13.8. The SMILES string of the molecule is COc1cccc(OC)c1-n1c(CS(=O)(=O)[C@@H](C)[C@H](OC)C2CC(C)(C)C2)nnc1-c1cncc(C)c1. The second-order valence-corrected chi connectivity index (χ2v) is 12.9. The number of aromatic nitrogens is 4. The predicted octanol–water partition coefficient (Wildman–Crippen LogP) is 4.41. The van der Waals surface area contributed by atoms with E-state index in [2.05, 4.69) is 29.0 Å². The number of benzene rings is 1. The van der Waals surface area contributed by atoms with Gasteiger partial charge in [0.05, 0.1) is 25.6 Å². The van der Waals surface area contributed by atoms with Crippen molar-refractivity contribution in [3.05, 3.63) is 48.0 Å². The van der Waals surface area contributed by atoms with Crippen molar-refractivity contribution in [3.63, 3.8) is 0 Å². The zero-order valence-electron chi connectivity index (χ0n) is 22.6. The van der Waals surface area contributed by atoms with Crippen molar-refractivity contribution < 1.29 is 22.6 Å². The molecule has 2 heterocycles. The molecule has 1 saturated carbocycles. The van der Waals surface area contributed by atoms with E-state index < -0.39 is 21.2 Å². The van der Waals surface area contributed by atoms with Crippen LogP contribution >= 0.6 is 0 Å². The fraction of sp³-hybridized carbons (Fsp3) is 0.519. The van der Waals surface area contributed by atoms with Gasteiger partial charge in [0, 0.05) is 25.1 Å². The summed E-state index contributed by atoms with van der Waals surface area (Å²) < 4.78 is 46.3. The highest BCUT2D eigenvalue weighted by atomic mass is 32.2. The molecule has 1 fully saturated rings. The second-order valence-electron chi connectivity index (χ2n) is 10.6. The van der Waals surface area contributed by atoms with Crippen LogP contribution in [0.5, 0.6) is 11.5 Å². The van der Waals surface area contributed by atoms with Crippen LogP contribution in [0.1, 0.15) is 45.0 Å². The van der Waals surface area contributed by atoms with E-state index in [4.69, 9.17) is 14.2 Å². The smallest absolute Gasteiger partial charge is 0.170 e. The van der Waals surface area contributed by atoms with Crippen LogP contribution < -0.4 is 9.47 Å². The average molecular weight is 529 g/mol. The van der Waals surface area contributed by atoms with E-state index in [1.165, 1.54) is 0 Å². The number of pyridine rings is 1. The number of rotatable bonds is 10. The van der Waals surface area contributed by atoms with Gasteiger partial charge in [0.15, 0.2) is 21.5 Å². The molecular formula is C27H36N4O5S. The Bertz CT molecular complexity index is 1340. The molecule has 9 nitrogen and oxygen atoms in total. The Morgan fingerprint density at radius 3 is 2.27 bits per heavy atom. The van der Waals surface area contributed by atoms with Crippen LogP contribution in [0, 0.1) is 18.3 Å². The Kier molecular flexibility index (Phi) is 7.62. The standard InChI is InChI=1S/C27H36N4O5S/c1-17-11-19(15-28-14-17)26-30-29-23(31(26)24-21(34-5)9-8-10-22(24)35-6)16-37(32,33)18(2)25(36-7)20-12-27(3,4)13-20/h8-11,14-15,18,20,25H,12-13,16H2,1-7H3/t18-,25-/m0/s1. The third-order valence-corrected chi connectivity index (χ3v) is 9.28. The first-order valence-corrected chi connectivity index (χ1v) is 14.0. The number of sulfone groups is 1. The van der Waals surface area contributed by atoms with E-state index in [1.807, 2.05) is 13.0 Å². The monoisotopic (exact) mass is 528 g/mol. The minimum absolute atomic E-state index is 0.200. The summed E-state index contributed by atoms with van der Waals surface area (Å²) in [6, 6.07) is 7.31. The largest absolute Gasteiger partial charge is 0.494 e. The lowest BCUT2D eigenvalue weighted by atomic mass is 9.62. The minimum atomic E-state index is -3.68. The van der Waals surface area contributed by atoms with Crippen molar-refractivity contribution in [1.82, 2.24) is 19.7 Å². The van der Waals surface area contributed by atoms with Gasteiger partial charge in [0.1, 0.15) is 22.9 Å². The van der Waals surface area contributed by atoms with Gasteiger partial charge >= 0.3 is 0 Å². The highest BCUT2D eigenvalue weighted by molar-refractivity contribution is 7.91. The summed E-state index contributed by atoms with van der Waals surface area (Å²) in [5.41, 5.74) is 2.37. The minimum Gasteiger partial charge on any atom is -0.494 e. The predicted molar refractivity (Wildman–Crippen MR) is 142 cm³/mol. The van der Waals surface area contributed by atoms with Gasteiger partial charge in [-0.3, -0.25) is 9.55 Å². The molecular weight excluding hydrogens is 492 g/mol. The molecule has 1 aromatic carbocycles. The number of hydrogen-bond acceptors (Lipinski definition) is 8. The van der Waals surface area contributed by atoms with Crippen molar-refractivity contribution >= 4 is 9.84 Å². The third kappa shape index (κ3) is 5.36. The number of hydrogen-bond donors (Lipinski definition) is 0. The number of nitrogens with zero attached hydrogens (tertiary/aromatic N) is 4. The Labute approximate surface area is 219 Å². The Hall–Kier alpha value is -2.98. The van der Waals surface area contributed by atoms with Crippen LogP contribution in [0.4, 0.5) is 0 Å². The maximum Gasteiger partial charge on any atom is 0.170 e. The van der Waals surface area contributed by atoms with Crippen LogP contribution in [0.15, 0.2) is 36.7 Å². The van der Waals surface area contributed by atoms with Gasteiger partial charge in [0.2, 0.25) is 0 Å². The molecule has 10 heteroatoms. The maximum atomic E-state index is 13.8. The van der Waals surface area contributed by atoms with Crippen LogP contribution in [0.25, 0.3) is 17.1 Å². The first-order valence-electron chi connectivity index (χ1n) is 12.3. The van der Waals surface area contributed by atoms with Crippen molar-refractivity contribution in [3.8, 4) is 28.6 Å². The van der Waals surface area contributed by atoms with Gasteiger partial charge in [-0.2, -0.15) is 0 Å². The summed E-state index contributed by atoms with van der Waals surface area (Å²) >= 11 is 0. The van der Waals surface area contributed by atoms with Crippen molar-refractivity contribution in [1.29, 1.82) is 0 Å². The van der Waals surface area contributed by atoms with Crippen LogP contribution in [0.3, 0.4) is 0 Å². The molecule has 0 saturated heterocycles. The quantitative estimate of drug-likeness (QED) is 0.381. The fourth-order valence-electron chi connectivity index (χ4n) is 5.44. The summed E-state index contributed by atoms with van der Waals surface area (Å²) in [6.07, 6.45) is 4.90. The molecule has 1 aliphatic rings. The lowest BCUT2D eigenvalue weighted by molar-refractivity contribution is -0.0368. The number of methoxy groups -OCH3 is 3. The molecule has 200 valence electrons. The lowest BCUT2D eigenvalue weighted by Gasteiger charge is -2.47. The van der Waals surface area contributed by atoms with E-state index in [-0.39, 0.29) is 22.9 Å². The third-order valence-electron chi connectivity index (χ3n) is 7.21. The molecule has 37 heavy (non-hydrogen) atoms. The highest BCUT2D eigenvalue weighted by Crippen LogP contribution is 2.48. The molecule has 2 aromatic heterocycles. The van der Waals surface area contributed by atoms with Gasteiger partial charge < -0.3 is 14.2 Å². The molecule has 0 aliphatic heterocycles. The van der Waals surface area contributed by atoms with Crippen LogP contribution in [0.2, 0.25) is 0 Å². The molecule has 0 bridgehead atoms. The number of aryl methyl sites for hydroxylation is 1. The van der Waals surface area contributed by atoms with E-state index in [9.17, 15) is 8.42 Å². The second kappa shape index (κ2) is 10.4. The normalized spacial score (nSPS) is 17.2. The first kappa shape index (κ1) is 27.1. The van der Waals surface area contributed by atoms with Crippen LogP contribution in [-0.4, -0.2) is 60.8 Å². The summed E-state index contributed by atoms with van der Waals surface area (Å²) in [5, 5.41) is 8.05. The van der Waals surface area contributed by atoms with Crippen molar-refractivity contribution in [2.45, 2.75) is 57.6 Å². The van der Waals surface area contributed by atoms with Gasteiger partial charge in [0.25, 0.3) is 0 Å². The Morgan fingerprint density at radius 1 is 1.08 bits per heavy atom. The van der Waals surface area contributed by atoms with Crippen molar-refractivity contribution in [2.24, 2.45) is 11.3 Å². The zero-order valence-corrected chi connectivity index (χ0v) is 23.4. The molecule has 1 aliphatic carbocycles. The summed E-state index contributed by atoms with van der Waals surface area (Å²) in [6.45, 7) is 8.05. The summed E-state index contributed by atoms with van der Waals surface area (Å²) in [5.74, 6) is 1.58. The first-order chi connectivity index (χ1) is 17.5. The number of ether oxygens (including phenoxy) is 3. The average Bonchev–Trinajstić information content (AvgIpc) is 3.24. The van der Waals surface area contributed by atoms with Crippen LogP contribution in [-0.2, 0) is 20.3 Å². The van der Waals surface area contributed by atoms with Gasteiger partial charge in [-0.25, -0.2) is 8.42 Å². The lowest BCUT2D eigenvalue weighted by Crippen LogP contribution is -2.47. The van der Waals surface area contributed by atoms with E-state index in [1.54, 1.807) is 63.4 Å². The highest BCUT2D eigenvalue weighted by Gasteiger charge is 2.45. The number of para-hydroxylation sites is 1. The zero-order chi connectivity index (χ0) is 27.0.